The van der Waals surface area contributed by atoms with E-state index in [1.165, 1.54) is 17.2 Å². The zero-order valence-corrected chi connectivity index (χ0v) is 10.1. The van der Waals surface area contributed by atoms with E-state index in [2.05, 4.69) is 38.1 Å². The predicted molar refractivity (Wildman–Crippen MR) is 65.4 cm³/mol. The second-order valence-corrected chi connectivity index (χ2v) is 3.81. The Bertz CT molecular complexity index is 363. The molecule has 86 valence electrons. The number of allylic oxidation sites excluding steroid dienone is 1. The molecule has 1 rings (SSSR count). The fraction of sp³-hybridized carbons (Fsp3) is 0.357. The summed E-state index contributed by atoms with van der Waals surface area (Å²) in [6.45, 7) is 6.33. The molecule has 2 heteroatoms. The SMILES string of the molecule is CCOC(=O)/C=C\[C@H](C)c1ccc(C)cc1. The van der Waals surface area contributed by atoms with Crippen molar-refractivity contribution in [2.75, 3.05) is 6.61 Å². The Morgan fingerprint density at radius 2 is 2.00 bits per heavy atom. The van der Waals surface area contributed by atoms with E-state index in [1.54, 1.807) is 6.92 Å². The van der Waals surface area contributed by atoms with E-state index in [0.29, 0.717) is 6.61 Å². The van der Waals surface area contributed by atoms with Crippen LogP contribution in [-0.4, -0.2) is 12.6 Å². The monoisotopic (exact) mass is 218 g/mol. The minimum absolute atomic E-state index is 0.227. The van der Waals surface area contributed by atoms with E-state index in [-0.39, 0.29) is 11.9 Å². The molecule has 0 unspecified atom stereocenters. The Morgan fingerprint density at radius 1 is 1.38 bits per heavy atom. The molecule has 0 saturated heterocycles. The summed E-state index contributed by atoms with van der Waals surface area (Å²) in [6.07, 6.45) is 3.36. The number of hydrogen-bond acceptors (Lipinski definition) is 2. The molecule has 0 aromatic heterocycles. The van der Waals surface area contributed by atoms with Gasteiger partial charge in [0, 0.05) is 6.08 Å². The summed E-state index contributed by atoms with van der Waals surface area (Å²) in [5.74, 6) is -0.0496. The van der Waals surface area contributed by atoms with Crippen LogP contribution in [0.25, 0.3) is 0 Å². The molecular weight excluding hydrogens is 200 g/mol. The summed E-state index contributed by atoms with van der Waals surface area (Å²) in [7, 11) is 0. The number of benzene rings is 1. The van der Waals surface area contributed by atoms with Crippen molar-refractivity contribution < 1.29 is 9.53 Å². The quantitative estimate of drug-likeness (QED) is 0.573. The fourth-order valence-corrected chi connectivity index (χ4v) is 1.39. The number of carbonyl (C=O) groups is 1. The normalized spacial score (nSPS) is 12.7. The molecule has 0 fully saturated rings. The van der Waals surface area contributed by atoms with Crippen molar-refractivity contribution in [2.45, 2.75) is 26.7 Å². The van der Waals surface area contributed by atoms with Gasteiger partial charge in [-0.2, -0.15) is 0 Å². The molecule has 1 aromatic carbocycles. The van der Waals surface area contributed by atoms with Crippen LogP contribution in [0.2, 0.25) is 0 Å². The summed E-state index contributed by atoms with van der Waals surface area (Å²) in [4.78, 5) is 11.1. The molecule has 0 bridgehead atoms. The Hall–Kier alpha value is -1.57. The lowest BCUT2D eigenvalue weighted by atomic mass is 10.00. The van der Waals surface area contributed by atoms with Gasteiger partial charge in [-0.1, -0.05) is 42.8 Å². The summed E-state index contributed by atoms with van der Waals surface area (Å²) in [5, 5.41) is 0. The summed E-state index contributed by atoms with van der Waals surface area (Å²) in [6, 6.07) is 8.30. The topological polar surface area (TPSA) is 26.3 Å². The summed E-state index contributed by atoms with van der Waals surface area (Å²) in [5.41, 5.74) is 2.44. The van der Waals surface area contributed by atoms with E-state index in [1.807, 2.05) is 6.08 Å². The van der Waals surface area contributed by atoms with E-state index in [9.17, 15) is 4.79 Å². The smallest absolute Gasteiger partial charge is 0.330 e. The lowest BCUT2D eigenvalue weighted by Gasteiger charge is -2.06. The first-order chi connectivity index (χ1) is 7.63. The molecule has 1 aromatic rings. The zero-order chi connectivity index (χ0) is 12.0. The summed E-state index contributed by atoms with van der Waals surface area (Å²) >= 11 is 0. The van der Waals surface area contributed by atoms with Crippen LogP contribution in [0.1, 0.15) is 30.9 Å². The predicted octanol–water partition coefficient (Wildman–Crippen LogP) is 3.22. The van der Waals surface area contributed by atoms with Crippen molar-refractivity contribution in [1.29, 1.82) is 0 Å². The van der Waals surface area contributed by atoms with Crippen LogP contribution in [0.5, 0.6) is 0 Å². The Morgan fingerprint density at radius 3 is 2.56 bits per heavy atom. The van der Waals surface area contributed by atoms with E-state index in [0.717, 1.165) is 0 Å². The van der Waals surface area contributed by atoms with Crippen LogP contribution in [0.15, 0.2) is 36.4 Å². The minimum Gasteiger partial charge on any atom is -0.463 e. The van der Waals surface area contributed by atoms with Crippen LogP contribution in [0, 0.1) is 6.92 Å². The highest BCUT2D eigenvalue weighted by Gasteiger charge is 2.02. The van der Waals surface area contributed by atoms with Crippen LogP contribution in [0.3, 0.4) is 0 Å². The van der Waals surface area contributed by atoms with Crippen molar-refractivity contribution in [1.82, 2.24) is 0 Å². The second kappa shape index (κ2) is 6.11. The van der Waals surface area contributed by atoms with Gasteiger partial charge in [-0.05, 0) is 25.3 Å². The highest BCUT2D eigenvalue weighted by atomic mass is 16.5. The molecular formula is C14H18O2. The van der Waals surface area contributed by atoms with Gasteiger partial charge in [0.05, 0.1) is 6.61 Å². The minimum atomic E-state index is -0.276. The van der Waals surface area contributed by atoms with Crippen LogP contribution in [0.4, 0.5) is 0 Å². The highest BCUT2D eigenvalue weighted by molar-refractivity contribution is 5.82. The first kappa shape index (κ1) is 12.5. The third kappa shape index (κ3) is 3.89. The Labute approximate surface area is 96.9 Å². The molecule has 0 heterocycles. The van der Waals surface area contributed by atoms with Crippen molar-refractivity contribution in [3.8, 4) is 0 Å². The number of hydrogen-bond donors (Lipinski definition) is 0. The maximum atomic E-state index is 11.1. The van der Waals surface area contributed by atoms with Gasteiger partial charge in [0.15, 0.2) is 0 Å². The van der Waals surface area contributed by atoms with Gasteiger partial charge in [0.2, 0.25) is 0 Å². The lowest BCUT2D eigenvalue weighted by Crippen LogP contribution is -2.00. The fourth-order valence-electron chi connectivity index (χ4n) is 1.39. The van der Waals surface area contributed by atoms with Gasteiger partial charge in [0.25, 0.3) is 0 Å². The molecule has 0 aliphatic heterocycles. The van der Waals surface area contributed by atoms with E-state index in [4.69, 9.17) is 4.74 Å². The van der Waals surface area contributed by atoms with Gasteiger partial charge in [0.1, 0.15) is 0 Å². The van der Waals surface area contributed by atoms with E-state index >= 15 is 0 Å². The molecule has 2 nitrogen and oxygen atoms in total. The molecule has 0 aliphatic rings. The molecule has 0 aliphatic carbocycles. The van der Waals surface area contributed by atoms with Crippen molar-refractivity contribution in [3.63, 3.8) is 0 Å². The number of rotatable bonds is 4. The molecule has 0 N–H and O–H groups in total. The number of aryl methyl sites for hydroxylation is 1. The average Bonchev–Trinajstić information content (AvgIpc) is 2.27. The molecule has 0 radical (unpaired) electrons. The number of ether oxygens (including phenoxy) is 1. The standard InChI is InChI=1S/C14H18O2/c1-4-16-14(15)10-7-12(3)13-8-5-11(2)6-9-13/h5-10,12H,4H2,1-3H3/b10-7-/t12-/m0/s1. The van der Waals surface area contributed by atoms with E-state index < -0.39 is 0 Å². The third-order valence-electron chi connectivity index (χ3n) is 2.41. The second-order valence-electron chi connectivity index (χ2n) is 3.81. The maximum absolute atomic E-state index is 11.1. The first-order valence-corrected chi connectivity index (χ1v) is 5.55. The van der Waals surface area contributed by atoms with Gasteiger partial charge in [-0.3, -0.25) is 0 Å². The van der Waals surface area contributed by atoms with Crippen LogP contribution >= 0.6 is 0 Å². The highest BCUT2D eigenvalue weighted by Crippen LogP contribution is 2.16. The summed E-state index contributed by atoms with van der Waals surface area (Å²) < 4.78 is 4.82. The zero-order valence-electron chi connectivity index (χ0n) is 10.1. The largest absolute Gasteiger partial charge is 0.463 e. The maximum Gasteiger partial charge on any atom is 0.330 e. The van der Waals surface area contributed by atoms with Gasteiger partial charge in [-0.15, -0.1) is 0 Å². The van der Waals surface area contributed by atoms with Crippen molar-refractivity contribution >= 4 is 5.97 Å². The lowest BCUT2D eigenvalue weighted by molar-refractivity contribution is -0.137. The van der Waals surface area contributed by atoms with Crippen molar-refractivity contribution in [3.05, 3.63) is 47.5 Å². The molecule has 0 saturated carbocycles. The number of carbonyl (C=O) groups excluding carboxylic acids is 1. The molecule has 1 atom stereocenters. The Balaban J connectivity index is 2.61. The Kier molecular flexibility index (Phi) is 4.77. The van der Waals surface area contributed by atoms with Gasteiger partial charge < -0.3 is 4.74 Å². The van der Waals surface area contributed by atoms with Crippen LogP contribution in [-0.2, 0) is 9.53 Å². The molecule has 16 heavy (non-hydrogen) atoms. The molecule has 0 spiro atoms. The number of esters is 1. The average molecular weight is 218 g/mol. The first-order valence-electron chi connectivity index (χ1n) is 5.55. The third-order valence-corrected chi connectivity index (χ3v) is 2.41. The van der Waals surface area contributed by atoms with Gasteiger partial charge >= 0.3 is 5.97 Å². The van der Waals surface area contributed by atoms with Crippen molar-refractivity contribution in [2.24, 2.45) is 0 Å². The molecule has 0 amide bonds. The van der Waals surface area contributed by atoms with Gasteiger partial charge in [-0.25, -0.2) is 4.79 Å². The van der Waals surface area contributed by atoms with Crippen LogP contribution < -0.4 is 0 Å².